The molecule has 2 aromatic carbocycles. The van der Waals surface area contributed by atoms with E-state index in [0.717, 1.165) is 40.6 Å². The van der Waals surface area contributed by atoms with Crippen LogP contribution < -0.4 is 10.1 Å². The second-order valence-electron chi connectivity index (χ2n) is 8.14. The lowest BCUT2D eigenvalue weighted by atomic mass is 9.72. The number of nitrogens with one attached hydrogen (secondary N) is 1. The SMILES string of the molecule is Br.C=CCSC1=NC2(CC(c3ccccc3)Oc3cc(O)ccc32)CC(C)(C)N1. The van der Waals surface area contributed by atoms with E-state index in [1.165, 1.54) is 0 Å². The summed E-state index contributed by atoms with van der Waals surface area (Å²) in [6.07, 6.45) is 3.39. The first kappa shape index (κ1) is 21.8. The maximum Gasteiger partial charge on any atom is 0.158 e. The molecule has 0 fully saturated rings. The number of rotatable bonds is 3. The number of fused-ring (bicyclic) bond motifs is 2. The summed E-state index contributed by atoms with van der Waals surface area (Å²) in [7, 11) is 0. The van der Waals surface area contributed by atoms with Crippen LogP contribution in [0.4, 0.5) is 0 Å². The number of amidine groups is 1. The molecule has 2 atom stereocenters. The summed E-state index contributed by atoms with van der Waals surface area (Å²) < 4.78 is 6.34. The zero-order valence-corrected chi connectivity index (χ0v) is 19.3. The van der Waals surface area contributed by atoms with Gasteiger partial charge in [-0.3, -0.25) is 4.99 Å². The summed E-state index contributed by atoms with van der Waals surface area (Å²) in [6, 6.07) is 15.7. The van der Waals surface area contributed by atoms with Gasteiger partial charge in [0, 0.05) is 29.3 Å². The minimum atomic E-state index is -0.403. The molecular weight excluding hydrogens is 448 g/mol. The number of hydrogen-bond acceptors (Lipinski definition) is 5. The molecule has 4 rings (SSSR count). The molecule has 4 nitrogen and oxygen atoms in total. The predicted molar refractivity (Wildman–Crippen MR) is 126 cm³/mol. The highest BCUT2D eigenvalue weighted by molar-refractivity contribution is 8.93. The second kappa shape index (κ2) is 8.44. The minimum Gasteiger partial charge on any atom is -0.508 e. The molecule has 2 aliphatic rings. The molecular formula is C23H27BrN2O2S. The molecule has 0 aliphatic carbocycles. The lowest BCUT2D eigenvalue weighted by Crippen LogP contribution is -2.53. The Morgan fingerprint density at radius 3 is 2.76 bits per heavy atom. The maximum atomic E-state index is 10.1. The van der Waals surface area contributed by atoms with Gasteiger partial charge in [-0.05, 0) is 38.0 Å². The number of phenols is 1. The molecule has 0 bridgehead atoms. The number of thioether (sulfide) groups is 1. The van der Waals surface area contributed by atoms with Gasteiger partial charge in [-0.25, -0.2) is 0 Å². The number of hydrogen-bond donors (Lipinski definition) is 2. The summed E-state index contributed by atoms with van der Waals surface area (Å²) in [5, 5.41) is 14.6. The first-order valence-electron chi connectivity index (χ1n) is 9.58. The first-order valence-corrected chi connectivity index (χ1v) is 10.6. The Kier molecular flexibility index (Phi) is 6.34. The summed E-state index contributed by atoms with van der Waals surface area (Å²) in [6.45, 7) is 8.26. The van der Waals surface area contributed by atoms with Crippen molar-refractivity contribution in [3.8, 4) is 11.5 Å². The van der Waals surface area contributed by atoms with Crippen molar-refractivity contribution in [2.45, 2.75) is 43.9 Å². The number of nitrogens with zero attached hydrogens (tertiary/aromatic N) is 1. The number of ether oxygens (including phenoxy) is 1. The van der Waals surface area contributed by atoms with Crippen LogP contribution in [-0.4, -0.2) is 21.6 Å². The molecule has 29 heavy (non-hydrogen) atoms. The average Bonchev–Trinajstić information content (AvgIpc) is 2.65. The van der Waals surface area contributed by atoms with Crippen LogP contribution in [0.15, 0.2) is 66.2 Å². The van der Waals surface area contributed by atoms with E-state index in [2.05, 4.69) is 37.9 Å². The fourth-order valence-corrected chi connectivity index (χ4v) is 5.13. The van der Waals surface area contributed by atoms with E-state index in [9.17, 15) is 5.11 Å². The van der Waals surface area contributed by atoms with Gasteiger partial charge in [-0.2, -0.15) is 0 Å². The quantitative estimate of drug-likeness (QED) is 0.557. The van der Waals surface area contributed by atoms with Crippen LogP contribution in [0.2, 0.25) is 0 Å². The Hall–Kier alpha value is -1.92. The number of benzene rings is 2. The normalized spacial score (nSPS) is 24.3. The van der Waals surface area contributed by atoms with Crippen molar-refractivity contribution in [3.63, 3.8) is 0 Å². The zero-order chi connectivity index (χ0) is 19.8. The summed E-state index contributed by atoms with van der Waals surface area (Å²) in [5.41, 5.74) is 1.66. The molecule has 0 amide bonds. The summed E-state index contributed by atoms with van der Waals surface area (Å²) >= 11 is 1.67. The van der Waals surface area contributed by atoms with Gasteiger partial charge in [0.05, 0.1) is 5.54 Å². The number of aliphatic imine (C=N–C) groups is 1. The molecule has 0 aromatic heterocycles. The van der Waals surface area contributed by atoms with Crippen LogP contribution in [0, 0.1) is 0 Å². The van der Waals surface area contributed by atoms with Gasteiger partial charge < -0.3 is 15.2 Å². The number of halogens is 1. The summed E-state index contributed by atoms with van der Waals surface area (Å²) in [5.74, 6) is 1.73. The molecule has 2 aromatic rings. The third-order valence-electron chi connectivity index (χ3n) is 5.26. The highest BCUT2D eigenvalue weighted by atomic mass is 79.9. The van der Waals surface area contributed by atoms with Gasteiger partial charge in [0.1, 0.15) is 17.6 Å². The molecule has 2 heterocycles. The van der Waals surface area contributed by atoms with Crippen molar-refractivity contribution >= 4 is 33.9 Å². The van der Waals surface area contributed by atoms with Crippen LogP contribution in [0.5, 0.6) is 11.5 Å². The van der Waals surface area contributed by atoms with Crippen molar-refractivity contribution in [3.05, 3.63) is 72.3 Å². The Morgan fingerprint density at radius 1 is 1.28 bits per heavy atom. The van der Waals surface area contributed by atoms with E-state index in [4.69, 9.17) is 9.73 Å². The molecule has 154 valence electrons. The topological polar surface area (TPSA) is 53.9 Å². The van der Waals surface area contributed by atoms with Crippen molar-refractivity contribution < 1.29 is 9.84 Å². The first-order chi connectivity index (χ1) is 13.4. The highest BCUT2D eigenvalue weighted by Crippen LogP contribution is 2.52. The van der Waals surface area contributed by atoms with E-state index in [-0.39, 0.29) is 34.4 Å². The molecule has 0 radical (unpaired) electrons. The maximum absolute atomic E-state index is 10.1. The third-order valence-corrected chi connectivity index (χ3v) is 6.13. The largest absolute Gasteiger partial charge is 0.508 e. The predicted octanol–water partition coefficient (Wildman–Crippen LogP) is 5.74. The number of phenolic OH excluding ortho intramolecular Hbond substituents is 1. The van der Waals surface area contributed by atoms with Crippen LogP contribution in [-0.2, 0) is 5.54 Å². The lowest BCUT2D eigenvalue weighted by molar-refractivity contribution is 0.103. The van der Waals surface area contributed by atoms with Crippen LogP contribution in [0.3, 0.4) is 0 Å². The van der Waals surface area contributed by atoms with E-state index in [0.29, 0.717) is 0 Å². The molecule has 1 spiro atoms. The van der Waals surface area contributed by atoms with Gasteiger partial charge in [0.2, 0.25) is 0 Å². The fourth-order valence-electron chi connectivity index (χ4n) is 4.26. The standard InChI is InChI=1S/C23H26N2O2S.BrH/c1-4-12-28-21-24-22(2,3)15-23(25-21)14-20(16-8-6-5-7-9-16)27-19-13-17(26)10-11-18(19)23;/h4-11,13,20,26H,1,12,14-15H2,2-3H3,(H,24,25);1H. The zero-order valence-electron chi connectivity index (χ0n) is 16.7. The van der Waals surface area contributed by atoms with Gasteiger partial charge in [-0.15, -0.1) is 23.6 Å². The summed E-state index contributed by atoms with van der Waals surface area (Å²) in [4.78, 5) is 5.21. The number of aromatic hydroxyl groups is 1. The molecule has 0 saturated carbocycles. The van der Waals surface area contributed by atoms with E-state index in [1.54, 1.807) is 23.9 Å². The Balaban J connectivity index is 0.00000240. The van der Waals surface area contributed by atoms with E-state index in [1.807, 2.05) is 30.3 Å². The van der Waals surface area contributed by atoms with Crippen molar-refractivity contribution in [2.24, 2.45) is 4.99 Å². The van der Waals surface area contributed by atoms with Crippen LogP contribution >= 0.6 is 28.7 Å². The monoisotopic (exact) mass is 474 g/mol. The average molecular weight is 475 g/mol. The lowest BCUT2D eigenvalue weighted by Gasteiger charge is -2.47. The van der Waals surface area contributed by atoms with Crippen molar-refractivity contribution in [1.82, 2.24) is 5.32 Å². The molecule has 2 aliphatic heterocycles. The Morgan fingerprint density at radius 2 is 2.03 bits per heavy atom. The van der Waals surface area contributed by atoms with Gasteiger partial charge in [0.25, 0.3) is 0 Å². The fraction of sp³-hybridized carbons (Fsp3) is 0.348. The minimum absolute atomic E-state index is 0. The van der Waals surface area contributed by atoms with E-state index >= 15 is 0 Å². The van der Waals surface area contributed by atoms with Gasteiger partial charge >= 0.3 is 0 Å². The van der Waals surface area contributed by atoms with Crippen LogP contribution in [0.25, 0.3) is 0 Å². The third kappa shape index (κ3) is 4.48. The molecule has 2 N–H and O–H groups in total. The van der Waals surface area contributed by atoms with Gasteiger partial charge in [0.15, 0.2) is 5.17 Å². The second-order valence-corrected chi connectivity index (χ2v) is 9.14. The molecule has 6 heteroatoms. The van der Waals surface area contributed by atoms with E-state index < -0.39 is 5.54 Å². The Bertz CT molecular complexity index is 916. The van der Waals surface area contributed by atoms with Gasteiger partial charge in [-0.1, -0.05) is 48.2 Å². The van der Waals surface area contributed by atoms with Crippen molar-refractivity contribution in [1.29, 1.82) is 0 Å². The molecule has 2 unspecified atom stereocenters. The highest BCUT2D eigenvalue weighted by Gasteiger charge is 2.48. The Labute approximate surface area is 187 Å². The smallest absolute Gasteiger partial charge is 0.158 e. The molecule has 0 saturated heterocycles. The van der Waals surface area contributed by atoms with Crippen LogP contribution in [0.1, 0.15) is 43.9 Å². The van der Waals surface area contributed by atoms with Crippen molar-refractivity contribution in [2.75, 3.05) is 5.75 Å².